The van der Waals surface area contributed by atoms with E-state index in [1.165, 1.54) is 18.2 Å². The van der Waals surface area contributed by atoms with Crippen LogP contribution >= 0.6 is 0 Å². The monoisotopic (exact) mass is 377 g/mol. The van der Waals surface area contributed by atoms with Gasteiger partial charge in [0.25, 0.3) is 0 Å². The number of rotatable bonds is 5. The molecule has 0 aliphatic carbocycles. The molecule has 0 amide bonds. The highest BCUT2D eigenvalue weighted by Crippen LogP contribution is 2.26. The number of benzene rings is 2. The fourth-order valence-corrected chi connectivity index (χ4v) is 3.39. The Morgan fingerprint density at radius 1 is 1.14 bits per heavy atom. The maximum Gasteiger partial charge on any atom is 0.191 e. The van der Waals surface area contributed by atoms with Gasteiger partial charge in [0.15, 0.2) is 17.4 Å². The zero-order chi connectivity index (χ0) is 19.8. The molecule has 140 valence electrons. The van der Waals surface area contributed by atoms with Crippen molar-refractivity contribution in [3.05, 3.63) is 89.7 Å². The third kappa shape index (κ3) is 2.83. The van der Waals surface area contributed by atoms with E-state index in [9.17, 15) is 13.6 Å². The molecule has 0 aliphatic heterocycles. The van der Waals surface area contributed by atoms with Gasteiger partial charge in [0.2, 0.25) is 0 Å². The van der Waals surface area contributed by atoms with Gasteiger partial charge < -0.3 is 4.57 Å². The Balaban J connectivity index is 1.84. The third-order valence-corrected chi connectivity index (χ3v) is 4.62. The molecule has 0 saturated heterocycles. The van der Waals surface area contributed by atoms with Crippen molar-refractivity contribution in [1.29, 1.82) is 0 Å². The lowest BCUT2D eigenvalue weighted by atomic mass is 10.1. The summed E-state index contributed by atoms with van der Waals surface area (Å²) in [5.74, 6) is -2.14. The number of fused-ring (bicyclic) bond motifs is 3. The normalized spacial score (nSPS) is 11.7. The largest absolute Gasteiger partial charge is 0.320 e. The summed E-state index contributed by atoms with van der Waals surface area (Å²) in [6, 6.07) is 11.3. The number of aryl methyl sites for hydroxylation is 1. The molecule has 0 radical (unpaired) electrons. The van der Waals surface area contributed by atoms with Gasteiger partial charge in [-0.05, 0) is 42.8 Å². The minimum Gasteiger partial charge on any atom is -0.320 e. The minimum absolute atomic E-state index is 0.259. The molecule has 0 aliphatic rings. The zero-order valence-electron chi connectivity index (χ0n) is 15.2. The fraction of sp³-hybridized carbons (Fsp3) is 0.0909. The molecule has 0 fully saturated rings. The number of allylic oxidation sites excluding steroid dienone is 2. The van der Waals surface area contributed by atoms with Gasteiger partial charge >= 0.3 is 0 Å². The van der Waals surface area contributed by atoms with Crippen LogP contribution < -0.4 is 0 Å². The van der Waals surface area contributed by atoms with Gasteiger partial charge in [0.1, 0.15) is 5.65 Å². The lowest BCUT2D eigenvalue weighted by molar-refractivity contribution is 0.104. The number of halogens is 2. The number of imidazole rings is 1. The highest BCUT2D eigenvalue weighted by atomic mass is 19.2. The highest BCUT2D eigenvalue weighted by molar-refractivity contribution is 6.12. The van der Waals surface area contributed by atoms with Crippen LogP contribution in [0.5, 0.6) is 0 Å². The molecule has 0 atom stereocenters. The van der Waals surface area contributed by atoms with Crippen molar-refractivity contribution in [2.75, 3.05) is 0 Å². The summed E-state index contributed by atoms with van der Waals surface area (Å²) >= 11 is 0. The lowest BCUT2D eigenvalue weighted by Crippen LogP contribution is -2.02. The van der Waals surface area contributed by atoms with Crippen LogP contribution in [0.3, 0.4) is 0 Å². The number of carbonyl (C=O) groups excluding carboxylic acids is 1. The molecular weight excluding hydrogens is 360 g/mol. The van der Waals surface area contributed by atoms with E-state index in [1.807, 2.05) is 28.8 Å². The molecule has 0 unspecified atom stereocenters. The second-order valence-electron chi connectivity index (χ2n) is 6.45. The van der Waals surface area contributed by atoms with Crippen LogP contribution in [-0.4, -0.2) is 20.0 Å². The van der Waals surface area contributed by atoms with E-state index in [4.69, 9.17) is 0 Å². The van der Waals surface area contributed by atoms with E-state index < -0.39 is 11.6 Å². The molecular formula is C22H17F2N3O. The summed E-state index contributed by atoms with van der Waals surface area (Å²) in [4.78, 5) is 13.0. The van der Waals surface area contributed by atoms with E-state index in [2.05, 4.69) is 11.7 Å². The first-order chi connectivity index (χ1) is 13.5. The van der Waals surface area contributed by atoms with Gasteiger partial charge in [-0.1, -0.05) is 30.4 Å². The predicted molar refractivity (Wildman–Crippen MR) is 105 cm³/mol. The SMILES string of the molecule is C=CCn1c2ccccc2n2nc(C)c(C(=O)/C=C/c3ccc(F)c(F)c3)c12. The van der Waals surface area contributed by atoms with Crippen molar-refractivity contribution in [2.45, 2.75) is 13.5 Å². The molecule has 0 spiro atoms. The number of nitrogens with zero attached hydrogens (tertiary/aromatic N) is 3. The van der Waals surface area contributed by atoms with Crippen LogP contribution in [0, 0.1) is 18.6 Å². The Morgan fingerprint density at radius 3 is 2.61 bits per heavy atom. The summed E-state index contributed by atoms with van der Waals surface area (Å²) < 4.78 is 30.2. The molecule has 0 saturated carbocycles. The number of aromatic nitrogens is 3. The Morgan fingerprint density at radius 2 is 1.89 bits per heavy atom. The first kappa shape index (κ1) is 17.9. The summed E-state index contributed by atoms with van der Waals surface area (Å²) in [6.45, 7) is 6.11. The highest BCUT2D eigenvalue weighted by Gasteiger charge is 2.21. The number of hydrogen-bond acceptors (Lipinski definition) is 2. The van der Waals surface area contributed by atoms with Crippen LogP contribution in [0.15, 0.2) is 61.2 Å². The second kappa shape index (κ2) is 6.88. The number of carbonyl (C=O) groups is 1. The van der Waals surface area contributed by atoms with Crippen LogP contribution in [0.25, 0.3) is 22.8 Å². The van der Waals surface area contributed by atoms with Crippen molar-refractivity contribution in [2.24, 2.45) is 0 Å². The van der Waals surface area contributed by atoms with Crippen LogP contribution in [-0.2, 0) is 6.54 Å². The summed E-state index contributed by atoms with van der Waals surface area (Å²) in [5.41, 5.74) is 3.99. The second-order valence-corrected chi connectivity index (χ2v) is 6.45. The van der Waals surface area contributed by atoms with Gasteiger partial charge in [0.05, 0.1) is 22.3 Å². The number of ketones is 1. The van der Waals surface area contributed by atoms with Gasteiger partial charge in [-0.15, -0.1) is 6.58 Å². The summed E-state index contributed by atoms with van der Waals surface area (Å²) in [7, 11) is 0. The Hall–Kier alpha value is -3.54. The van der Waals surface area contributed by atoms with Gasteiger partial charge in [-0.3, -0.25) is 4.79 Å². The van der Waals surface area contributed by atoms with E-state index >= 15 is 0 Å². The molecule has 2 aromatic heterocycles. The topological polar surface area (TPSA) is 39.3 Å². The summed E-state index contributed by atoms with van der Waals surface area (Å²) in [5, 5.41) is 4.54. The first-order valence-corrected chi connectivity index (χ1v) is 8.76. The predicted octanol–water partition coefficient (Wildman–Crippen LogP) is 4.96. The average molecular weight is 377 g/mol. The molecule has 0 N–H and O–H groups in total. The standard InChI is InChI=1S/C22H17F2N3O/c1-3-12-26-18-6-4-5-7-19(18)27-22(26)21(14(2)25-27)20(28)11-9-15-8-10-16(23)17(24)13-15/h3-11,13H,1,12H2,2H3/b11-9+. The van der Waals surface area contributed by atoms with Crippen LogP contribution in [0.1, 0.15) is 21.6 Å². The quantitative estimate of drug-likeness (QED) is 0.280. The summed E-state index contributed by atoms with van der Waals surface area (Å²) in [6.07, 6.45) is 4.58. The van der Waals surface area contributed by atoms with Gasteiger partial charge in [-0.2, -0.15) is 5.10 Å². The maximum atomic E-state index is 13.4. The van der Waals surface area contributed by atoms with Gasteiger partial charge in [0, 0.05) is 6.54 Å². The molecule has 0 bridgehead atoms. The van der Waals surface area contributed by atoms with E-state index in [-0.39, 0.29) is 5.78 Å². The molecule has 2 heterocycles. The number of para-hydroxylation sites is 2. The molecule has 28 heavy (non-hydrogen) atoms. The average Bonchev–Trinajstić information content (AvgIpc) is 3.17. The molecule has 4 rings (SSSR count). The van der Waals surface area contributed by atoms with Crippen molar-refractivity contribution < 1.29 is 13.6 Å². The van der Waals surface area contributed by atoms with Gasteiger partial charge in [-0.25, -0.2) is 13.3 Å². The molecule has 4 aromatic rings. The first-order valence-electron chi connectivity index (χ1n) is 8.76. The van der Waals surface area contributed by atoms with E-state index in [0.717, 1.165) is 23.2 Å². The van der Waals surface area contributed by atoms with E-state index in [1.54, 1.807) is 17.5 Å². The minimum atomic E-state index is -0.954. The molecule has 6 heteroatoms. The Kier molecular flexibility index (Phi) is 4.39. The molecule has 4 nitrogen and oxygen atoms in total. The number of hydrogen-bond donors (Lipinski definition) is 0. The van der Waals surface area contributed by atoms with Crippen molar-refractivity contribution in [3.63, 3.8) is 0 Å². The van der Waals surface area contributed by atoms with Crippen molar-refractivity contribution in [3.8, 4) is 0 Å². The van der Waals surface area contributed by atoms with E-state index in [0.29, 0.717) is 29.0 Å². The third-order valence-electron chi connectivity index (χ3n) is 4.62. The van der Waals surface area contributed by atoms with Crippen LogP contribution in [0.4, 0.5) is 8.78 Å². The Labute approximate surface area is 160 Å². The Bertz CT molecular complexity index is 1260. The lowest BCUT2D eigenvalue weighted by Gasteiger charge is -2.03. The van der Waals surface area contributed by atoms with Crippen molar-refractivity contribution in [1.82, 2.24) is 14.2 Å². The molecule has 2 aromatic carbocycles. The van der Waals surface area contributed by atoms with Crippen molar-refractivity contribution >= 4 is 28.5 Å². The van der Waals surface area contributed by atoms with Crippen LogP contribution in [0.2, 0.25) is 0 Å². The zero-order valence-corrected chi connectivity index (χ0v) is 15.2. The smallest absolute Gasteiger partial charge is 0.191 e. The fourth-order valence-electron chi connectivity index (χ4n) is 3.39. The maximum absolute atomic E-state index is 13.4.